The van der Waals surface area contributed by atoms with E-state index in [0.717, 1.165) is 0 Å². The summed E-state index contributed by atoms with van der Waals surface area (Å²) in [6, 6.07) is 0. The molecule has 0 aliphatic rings. The maximum atomic E-state index is 3.67. The fourth-order valence-corrected chi connectivity index (χ4v) is 1.60. The molecule has 16 heavy (non-hydrogen) atoms. The van der Waals surface area contributed by atoms with E-state index in [9.17, 15) is 0 Å². The van der Waals surface area contributed by atoms with Crippen LogP contribution in [-0.4, -0.2) is 9.97 Å². The van der Waals surface area contributed by atoms with Gasteiger partial charge in [-0.05, 0) is 0 Å². The number of aromatic nitrogens is 2. The minimum atomic E-state index is 1.37. The normalized spacial score (nSPS) is 9.62. The summed E-state index contributed by atoms with van der Waals surface area (Å²) in [5, 5.41) is 0. The van der Waals surface area contributed by atoms with Crippen LogP contribution in [0, 0.1) is 0 Å². The third-order valence-corrected chi connectivity index (χ3v) is 2.61. The fraction of sp³-hybridized carbons (Fsp3) is 0.786. The maximum absolute atomic E-state index is 3.67. The van der Waals surface area contributed by atoms with Crippen LogP contribution in [0.15, 0.2) is 18.7 Å². The van der Waals surface area contributed by atoms with Crippen molar-refractivity contribution in [2.45, 2.75) is 71.6 Å². The van der Waals surface area contributed by atoms with E-state index in [2.05, 4.69) is 23.8 Å². The van der Waals surface area contributed by atoms with E-state index in [1.54, 1.807) is 18.7 Å². The van der Waals surface area contributed by atoms with Gasteiger partial charge in [-0.3, -0.25) is 0 Å². The Balaban J connectivity index is 0.000000368. The van der Waals surface area contributed by atoms with Gasteiger partial charge in [0.2, 0.25) is 0 Å². The van der Waals surface area contributed by atoms with Crippen molar-refractivity contribution in [3.63, 3.8) is 0 Å². The van der Waals surface area contributed by atoms with Crippen LogP contribution < -0.4 is 0 Å². The van der Waals surface area contributed by atoms with Gasteiger partial charge in [0.25, 0.3) is 0 Å². The lowest BCUT2D eigenvalue weighted by Crippen LogP contribution is -1.79. The van der Waals surface area contributed by atoms with E-state index >= 15 is 0 Å². The van der Waals surface area contributed by atoms with Crippen LogP contribution in [0.5, 0.6) is 0 Å². The highest BCUT2D eigenvalue weighted by Gasteiger charge is 1.88. The Labute approximate surface area is 101 Å². The van der Waals surface area contributed by atoms with Crippen LogP contribution in [0.4, 0.5) is 0 Å². The zero-order valence-electron chi connectivity index (χ0n) is 11.0. The first-order valence-electron chi connectivity index (χ1n) is 6.84. The summed E-state index contributed by atoms with van der Waals surface area (Å²) in [6.07, 6.45) is 18.0. The van der Waals surface area contributed by atoms with Crippen LogP contribution in [0.2, 0.25) is 0 Å². The van der Waals surface area contributed by atoms with E-state index in [-0.39, 0.29) is 0 Å². The monoisotopic (exact) mass is 224 g/mol. The molecule has 0 amide bonds. The van der Waals surface area contributed by atoms with Crippen molar-refractivity contribution < 1.29 is 0 Å². The highest BCUT2D eigenvalue weighted by molar-refractivity contribution is 4.64. The van der Waals surface area contributed by atoms with Crippen LogP contribution >= 0.6 is 0 Å². The van der Waals surface area contributed by atoms with Crippen molar-refractivity contribution in [3.8, 4) is 0 Å². The first kappa shape index (κ1) is 15.2. The Hall–Kier alpha value is -0.790. The molecule has 1 aromatic heterocycles. The third-order valence-electron chi connectivity index (χ3n) is 2.61. The Kier molecular flexibility index (Phi) is 13.5. The van der Waals surface area contributed by atoms with Crippen LogP contribution in [0.3, 0.4) is 0 Å². The Bertz CT molecular complexity index is 157. The van der Waals surface area contributed by atoms with Gasteiger partial charge < -0.3 is 4.98 Å². The van der Waals surface area contributed by atoms with E-state index in [4.69, 9.17) is 0 Å². The van der Waals surface area contributed by atoms with Gasteiger partial charge in [0.15, 0.2) is 0 Å². The SMILES string of the molecule is CCCCCCCCCCC.c1c[nH]cn1. The number of hydrogen-bond donors (Lipinski definition) is 1. The summed E-state index contributed by atoms with van der Waals surface area (Å²) in [5.41, 5.74) is 0. The molecular weight excluding hydrogens is 196 g/mol. The first-order chi connectivity index (χ1) is 7.91. The number of H-pyrrole nitrogens is 1. The molecule has 0 fully saturated rings. The molecule has 2 nitrogen and oxygen atoms in total. The highest BCUT2D eigenvalue weighted by atomic mass is 14.8. The van der Waals surface area contributed by atoms with Crippen LogP contribution in [-0.2, 0) is 0 Å². The molecule has 0 aliphatic carbocycles. The molecule has 0 aliphatic heterocycles. The summed E-state index contributed by atoms with van der Waals surface area (Å²) in [7, 11) is 0. The Morgan fingerprint density at radius 1 is 0.812 bits per heavy atom. The second kappa shape index (κ2) is 14.2. The smallest absolute Gasteiger partial charge is 0.0919 e. The average molecular weight is 224 g/mol. The topological polar surface area (TPSA) is 28.7 Å². The lowest BCUT2D eigenvalue weighted by Gasteiger charge is -1.98. The number of nitrogens with zero attached hydrogens (tertiary/aromatic N) is 1. The van der Waals surface area contributed by atoms with Crippen molar-refractivity contribution in [1.82, 2.24) is 9.97 Å². The minimum Gasteiger partial charge on any atom is -0.351 e. The van der Waals surface area contributed by atoms with Crippen molar-refractivity contribution in [2.75, 3.05) is 0 Å². The molecule has 2 heteroatoms. The first-order valence-corrected chi connectivity index (χ1v) is 6.84. The number of hydrogen-bond acceptors (Lipinski definition) is 1. The van der Waals surface area contributed by atoms with Crippen LogP contribution in [0.25, 0.3) is 0 Å². The number of imidazole rings is 1. The largest absolute Gasteiger partial charge is 0.351 e. The lowest BCUT2D eigenvalue weighted by atomic mass is 10.1. The molecule has 0 bridgehead atoms. The molecule has 1 heterocycles. The molecule has 1 rings (SSSR count). The van der Waals surface area contributed by atoms with E-state index in [1.165, 1.54) is 57.8 Å². The minimum absolute atomic E-state index is 1.37. The van der Waals surface area contributed by atoms with Crippen molar-refractivity contribution in [1.29, 1.82) is 0 Å². The molecule has 1 aromatic rings. The average Bonchev–Trinajstić information content (AvgIpc) is 2.87. The summed E-state index contributed by atoms with van der Waals surface area (Å²) >= 11 is 0. The van der Waals surface area contributed by atoms with Gasteiger partial charge in [-0.25, -0.2) is 4.98 Å². The molecule has 0 atom stereocenters. The number of aromatic amines is 1. The Morgan fingerprint density at radius 3 is 1.56 bits per heavy atom. The lowest BCUT2D eigenvalue weighted by molar-refractivity contribution is 0.572. The molecule has 0 radical (unpaired) electrons. The third kappa shape index (κ3) is 13.2. The van der Waals surface area contributed by atoms with Crippen LogP contribution in [0.1, 0.15) is 71.6 Å². The van der Waals surface area contributed by atoms with E-state index < -0.39 is 0 Å². The maximum Gasteiger partial charge on any atom is 0.0919 e. The summed E-state index contributed by atoms with van der Waals surface area (Å²) in [6.45, 7) is 4.55. The van der Waals surface area contributed by atoms with Gasteiger partial charge in [-0.2, -0.15) is 0 Å². The standard InChI is InChI=1S/C11H24.C3H4N2/c1-3-5-7-9-11-10-8-6-4-2;1-2-5-3-4-1/h3-11H2,1-2H3;1-3H,(H,4,5). The van der Waals surface area contributed by atoms with Gasteiger partial charge in [-0.15, -0.1) is 0 Å². The van der Waals surface area contributed by atoms with Crippen molar-refractivity contribution >= 4 is 0 Å². The molecule has 0 aromatic carbocycles. The molecule has 0 saturated heterocycles. The fourth-order valence-electron chi connectivity index (χ4n) is 1.60. The van der Waals surface area contributed by atoms with Crippen molar-refractivity contribution in [2.24, 2.45) is 0 Å². The van der Waals surface area contributed by atoms with Crippen molar-refractivity contribution in [3.05, 3.63) is 18.7 Å². The summed E-state index contributed by atoms with van der Waals surface area (Å²) in [5.74, 6) is 0. The Morgan fingerprint density at radius 2 is 1.31 bits per heavy atom. The quantitative estimate of drug-likeness (QED) is 0.622. The second-order valence-electron chi connectivity index (χ2n) is 4.24. The summed E-state index contributed by atoms with van der Waals surface area (Å²) in [4.78, 5) is 6.42. The summed E-state index contributed by atoms with van der Waals surface area (Å²) < 4.78 is 0. The van der Waals surface area contributed by atoms with Gasteiger partial charge in [0, 0.05) is 12.4 Å². The van der Waals surface area contributed by atoms with E-state index in [0.29, 0.717) is 0 Å². The van der Waals surface area contributed by atoms with E-state index in [1.807, 2.05) is 0 Å². The molecular formula is C14H28N2. The van der Waals surface area contributed by atoms with Gasteiger partial charge in [0.05, 0.1) is 6.33 Å². The number of unbranched alkanes of at least 4 members (excludes halogenated alkanes) is 8. The number of rotatable bonds is 8. The number of nitrogens with one attached hydrogen (secondary N) is 1. The highest BCUT2D eigenvalue weighted by Crippen LogP contribution is 2.08. The molecule has 0 unspecified atom stereocenters. The molecule has 1 N–H and O–H groups in total. The predicted octanol–water partition coefficient (Wildman–Crippen LogP) is 4.95. The molecule has 94 valence electrons. The zero-order chi connectivity index (χ0) is 11.9. The van der Waals surface area contributed by atoms with Gasteiger partial charge >= 0.3 is 0 Å². The van der Waals surface area contributed by atoms with Gasteiger partial charge in [-0.1, -0.05) is 71.6 Å². The molecule has 0 saturated carbocycles. The predicted molar refractivity (Wildman–Crippen MR) is 71.5 cm³/mol. The zero-order valence-corrected chi connectivity index (χ0v) is 11.0. The van der Waals surface area contributed by atoms with Gasteiger partial charge in [0.1, 0.15) is 0 Å². The molecule has 0 spiro atoms. The second-order valence-corrected chi connectivity index (χ2v) is 4.24.